The second-order valence-corrected chi connectivity index (χ2v) is 5.17. The van der Waals surface area contributed by atoms with E-state index in [1.165, 1.54) is 30.5 Å². The molecule has 1 aliphatic rings. The molecule has 2 rings (SSSR count). The van der Waals surface area contributed by atoms with Gasteiger partial charge in [-0.15, -0.1) is 0 Å². The van der Waals surface area contributed by atoms with Crippen molar-refractivity contribution in [1.29, 1.82) is 0 Å². The minimum atomic E-state index is 0.590. The summed E-state index contributed by atoms with van der Waals surface area (Å²) < 4.78 is 2.29. The molecule has 1 aromatic rings. The molecule has 1 heterocycles. The summed E-state index contributed by atoms with van der Waals surface area (Å²) >= 11 is 0. The molecule has 0 saturated heterocycles. The SMILES string of the molecule is CCCc1c(CNCC)cnn1C(C)C1CC1. The first kappa shape index (κ1) is 12.6. The summed E-state index contributed by atoms with van der Waals surface area (Å²) in [6.07, 6.45) is 7.18. The Balaban J connectivity index is 2.15. The molecule has 96 valence electrons. The van der Waals surface area contributed by atoms with Crippen LogP contribution in [0.5, 0.6) is 0 Å². The Morgan fingerprint density at radius 2 is 2.24 bits per heavy atom. The van der Waals surface area contributed by atoms with E-state index in [-0.39, 0.29) is 0 Å². The van der Waals surface area contributed by atoms with Crippen molar-refractivity contribution >= 4 is 0 Å². The van der Waals surface area contributed by atoms with Crippen LogP contribution in [0.3, 0.4) is 0 Å². The van der Waals surface area contributed by atoms with Crippen molar-refractivity contribution in [1.82, 2.24) is 15.1 Å². The van der Waals surface area contributed by atoms with Crippen molar-refractivity contribution < 1.29 is 0 Å². The van der Waals surface area contributed by atoms with Crippen LogP contribution in [0.1, 0.15) is 57.3 Å². The van der Waals surface area contributed by atoms with Crippen LogP contribution < -0.4 is 5.32 Å². The van der Waals surface area contributed by atoms with E-state index in [0.29, 0.717) is 6.04 Å². The maximum Gasteiger partial charge on any atom is 0.0537 e. The van der Waals surface area contributed by atoms with Crippen LogP contribution in [0.2, 0.25) is 0 Å². The Kier molecular flexibility index (Phi) is 4.21. The Labute approximate surface area is 105 Å². The van der Waals surface area contributed by atoms with Gasteiger partial charge in [-0.25, -0.2) is 0 Å². The summed E-state index contributed by atoms with van der Waals surface area (Å²) in [5, 5.41) is 8.03. The predicted octanol–water partition coefficient (Wildman–Crippen LogP) is 2.92. The Morgan fingerprint density at radius 3 is 2.82 bits per heavy atom. The lowest BCUT2D eigenvalue weighted by molar-refractivity contribution is 0.423. The maximum atomic E-state index is 4.63. The molecule has 1 aromatic heterocycles. The third-order valence-electron chi connectivity index (χ3n) is 3.73. The maximum absolute atomic E-state index is 4.63. The Hall–Kier alpha value is -0.830. The lowest BCUT2D eigenvalue weighted by Crippen LogP contribution is -2.16. The molecule has 1 aliphatic carbocycles. The molecule has 1 saturated carbocycles. The van der Waals surface area contributed by atoms with Gasteiger partial charge < -0.3 is 5.32 Å². The second kappa shape index (κ2) is 5.67. The largest absolute Gasteiger partial charge is 0.313 e. The number of aromatic nitrogens is 2. The van der Waals surface area contributed by atoms with Gasteiger partial charge in [0.05, 0.1) is 12.2 Å². The first-order chi connectivity index (χ1) is 8.27. The average Bonchev–Trinajstić information content (AvgIpc) is 3.10. The van der Waals surface area contributed by atoms with Crippen LogP contribution in [-0.2, 0) is 13.0 Å². The fourth-order valence-corrected chi connectivity index (χ4v) is 2.47. The normalized spacial score (nSPS) is 17.4. The lowest BCUT2D eigenvalue weighted by Gasteiger charge is -2.16. The van der Waals surface area contributed by atoms with Crippen molar-refractivity contribution in [2.45, 2.75) is 59.0 Å². The van der Waals surface area contributed by atoms with Crippen LogP contribution in [0.25, 0.3) is 0 Å². The highest BCUT2D eigenvalue weighted by atomic mass is 15.3. The van der Waals surface area contributed by atoms with Crippen molar-refractivity contribution in [2.24, 2.45) is 5.92 Å². The van der Waals surface area contributed by atoms with E-state index in [4.69, 9.17) is 0 Å². The van der Waals surface area contributed by atoms with Crippen LogP contribution in [-0.4, -0.2) is 16.3 Å². The summed E-state index contributed by atoms with van der Waals surface area (Å²) in [5.74, 6) is 0.873. The Bertz CT molecular complexity index is 352. The van der Waals surface area contributed by atoms with Crippen molar-refractivity contribution in [2.75, 3.05) is 6.54 Å². The summed E-state index contributed by atoms with van der Waals surface area (Å²) in [7, 11) is 0. The van der Waals surface area contributed by atoms with E-state index >= 15 is 0 Å². The number of nitrogens with one attached hydrogen (secondary N) is 1. The smallest absolute Gasteiger partial charge is 0.0537 e. The van der Waals surface area contributed by atoms with Gasteiger partial charge in [-0.3, -0.25) is 4.68 Å². The molecule has 1 unspecified atom stereocenters. The molecule has 0 amide bonds. The minimum absolute atomic E-state index is 0.590. The zero-order valence-electron chi connectivity index (χ0n) is 11.4. The number of hydrogen-bond donors (Lipinski definition) is 1. The van der Waals surface area contributed by atoms with Gasteiger partial charge in [0.25, 0.3) is 0 Å². The minimum Gasteiger partial charge on any atom is -0.313 e. The monoisotopic (exact) mass is 235 g/mol. The van der Waals surface area contributed by atoms with Crippen molar-refractivity contribution in [3.8, 4) is 0 Å². The Morgan fingerprint density at radius 1 is 1.47 bits per heavy atom. The zero-order chi connectivity index (χ0) is 12.3. The number of rotatable bonds is 7. The summed E-state index contributed by atoms with van der Waals surface area (Å²) in [6.45, 7) is 8.70. The van der Waals surface area contributed by atoms with Gasteiger partial charge in [-0.05, 0) is 38.6 Å². The second-order valence-electron chi connectivity index (χ2n) is 5.17. The number of nitrogens with zero attached hydrogens (tertiary/aromatic N) is 2. The molecule has 0 radical (unpaired) electrons. The molecule has 0 bridgehead atoms. The average molecular weight is 235 g/mol. The van der Waals surface area contributed by atoms with E-state index in [9.17, 15) is 0 Å². The van der Waals surface area contributed by atoms with Crippen molar-refractivity contribution in [3.05, 3.63) is 17.5 Å². The first-order valence-corrected chi connectivity index (χ1v) is 7.03. The van der Waals surface area contributed by atoms with E-state index in [0.717, 1.165) is 25.4 Å². The molecule has 0 spiro atoms. The first-order valence-electron chi connectivity index (χ1n) is 7.03. The van der Waals surface area contributed by atoms with E-state index in [1.54, 1.807) is 0 Å². The van der Waals surface area contributed by atoms with Gasteiger partial charge in [-0.2, -0.15) is 5.10 Å². The van der Waals surface area contributed by atoms with Gasteiger partial charge in [-0.1, -0.05) is 20.3 Å². The molecule has 3 nitrogen and oxygen atoms in total. The standard InChI is InChI=1S/C14H25N3/c1-4-6-14-13(9-15-5-2)10-16-17(14)11(3)12-7-8-12/h10-12,15H,4-9H2,1-3H3. The molecule has 0 aromatic carbocycles. The van der Waals surface area contributed by atoms with Gasteiger partial charge >= 0.3 is 0 Å². The summed E-state index contributed by atoms with van der Waals surface area (Å²) in [6, 6.07) is 0.590. The molecule has 1 atom stereocenters. The molecule has 3 heteroatoms. The summed E-state index contributed by atoms with van der Waals surface area (Å²) in [5.41, 5.74) is 2.84. The van der Waals surface area contributed by atoms with Crippen LogP contribution in [0, 0.1) is 5.92 Å². The van der Waals surface area contributed by atoms with Gasteiger partial charge in [0.1, 0.15) is 0 Å². The summed E-state index contributed by atoms with van der Waals surface area (Å²) in [4.78, 5) is 0. The van der Waals surface area contributed by atoms with E-state index in [2.05, 4.69) is 42.1 Å². The topological polar surface area (TPSA) is 29.9 Å². The third-order valence-corrected chi connectivity index (χ3v) is 3.73. The van der Waals surface area contributed by atoms with E-state index < -0.39 is 0 Å². The highest BCUT2D eigenvalue weighted by Gasteiger charge is 2.31. The molecular weight excluding hydrogens is 210 g/mol. The number of hydrogen-bond acceptors (Lipinski definition) is 2. The van der Waals surface area contributed by atoms with Crippen LogP contribution >= 0.6 is 0 Å². The highest BCUT2D eigenvalue weighted by molar-refractivity contribution is 5.19. The molecule has 1 N–H and O–H groups in total. The molecule has 1 fully saturated rings. The fourth-order valence-electron chi connectivity index (χ4n) is 2.47. The molecule has 17 heavy (non-hydrogen) atoms. The van der Waals surface area contributed by atoms with Crippen molar-refractivity contribution in [3.63, 3.8) is 0 Å². The van der Waals surface area contributed by atoms with Crippen LogP contribution in [0.4, 0.5) is 0 Å². The fraction of sp³-hybridized carbons (Fsp3) is 0.786. The van der Waals surface area contributed by atoms with E-state index in [1.807, 2.05) is 0 Å². The van der Waals surface area contributed by atoms with Gasteiger partial charge in [0, 0.05) is 17.8 Å². The molecule has 0 aliphatic heterocycles. The van der Waals surface area contributed by atoms with Gasteiger partial charge in [0.2, 0.25) is 0 Å². The highest BCUT2D eigenvalue weighted by Crippen LogP contribution is 2.39. The van der Waals surface area contributed by atoms with Crippen LogP contribution in [0.15, 0.2) is 6.20 Å². The zero-order valence-corrected chi connectivity index (χ0v) is 11.4. The van der Waals surface area contributed by atoms with Gasteiger partial charge in [0.15, 0.2) is 0 Å². The predicted molar refractivity (Wildman–Crippen MR) is 71.0 cm³/mol. The molecular formula is C14H25N3. The lowest BCUT2D eigenvalue weighted by atomic mass is 10.1. The third kappa shape index (κ3) is 2.89. The quantitative estimate of drug-likeness (QED) is 0.787.